The van der Waals surface area contributed by atoms with Crippen LogP contribution in [0.4, 0.5) is 5.69 Å². The van der Waals surface area contributed by atoms with Gasteiger partial charge >= 0.3 is 0 Å². The normalized spacial score (nSPS) is 10.1. The summed E-state index contributed by atoms with van der Waals surface area (Å²) in [7, 11) is 0. The summed E-state index contributed by atoms with van der Waals surface area (Å²) < 4.78 is 5.31. The average molecular weight is 339 g/mol. The second-order valence-corrected chi connectivity index (χ2v) is 5.22. The van der Waals surface area contributed by atoms with Gasteiger partial charge in [-0.25, -0.2) is 0 Å². The average Bonchev–Trinajstić information content (AvgIpc) is 2.45. The topological polar surface area (TPSA) is 81.4 Å². The van der Waals surface area contributed by atoms with Crippen LogP contribution in [0.5, 0.6) is 5.75 Å². The van der Waals surface area contributed by atoms with E-state index in [0.717, 1.165) is 0 Å². The number of ether oxygens (including phenoxy) is 1. The number of anilines is 1. The molecule has 0 atom stereocenters. The molecule has 0 fully saturated rings. The highest BCUT2D eigenvalue weighted by Crippen LogP contribution is 2.22. The number of hydrogen-bond acceptors (Lipinski definition) is 3. The van der Waals surface area contributed by atoms with E-state index in [4.69, 9.17) is 33.7 Å². The maximum absolute atomic E-state index is 11.8. The third-order valence-corrected chi connectivity index (χ3v) is 3.14. The lowest BCUT2D eigenvalue weighted by atomic mass is 10.2. The Hall–Kier alpha value is -2.24. The zero-order valence-electron chi connectivity index (χ0n) is 11.3. The Labute approximate surface area is 137 Å². The summed E-state index contributed by atoms with van der Waals surface area (Å²) in [5.41, 5.74) is 5.90. The summed E-state index contributed by atoms with van der Waals surface area (Å²) in [5, 5.41) is 3.48. The van der Waals surface area contributed by atoms with Crippen molar-refractivity contribution in [1.82, 2.24) is 0 Å². The van der Waals surface area contributed by atoms with Gasteiger partial charge in [-0.1, -0.05) is 29.3 Å². The highest BCUT2D eigenvalue weighted by atomic mass is 35.5. The molecular weight excluding hydrogens is 327 g/mol. The quantitative estimate of drug-likeness (QED) is 0.878. The lowest BCUT2D eigenvalue weighted by Crippen LogP contribution is -2.21. The van der Waals surface area contributed by atoms with Crippen molar-refractivity contribution in [2.75, 3.05) is 11.9 Å². The minimum atomic E-state index is -0.687. The van der Waals surface area contributed by atoms with Crippen LogP contribution in [0.2, 0.25) is 10.0 Å². The molecule has 0 saturated carbocycles. The van der Waals surface area contributed by atoms with Crippen molar-refractivity contribution in [2.24, 2.45) is 5.73 Å². The van der Waals surface area contributed by atoms with Crippen molar-refractivity contribution < 1.29 is 14.3 Å². The van der Waals surface area contributed by atoms with Gasteiger partial charge in [-0.3, -0.25) is 9.59 Å². The number of primary amides is 1. The number of carbonyl (C=O) groups excluding carboxylic acids is 2. The van der Waals surface area contributed by atoms with Crippen LogP contribution in [-0.4, -0.2) is 18.4 Å². The minimum Gasteiger partial charge on any atom is -0.483 e. The largest absolute Gasteiger partial charge is 0.483 e. The molecule has 2 aromatic carbocycles. The van der Waals surface area contributed by atoms with Crippen molar-refractivity contribution >= 4 is 40.7 Å². The van der Waals surface area contributed by atoms with Gasteiger partial charge in [0.15, 0.2) is 6.61 Å². The van der Waals surface area contributed by atoms with Crippen molar-refractivity contribution in [3.8, 4) is 5.75 Å². The van der Waals surface area contributed by atoms with Gasteiger partial charge in [0, 0.05) is 15.7 Å². The molecule has 114 valence electrons. The smallest absolute Gasteiger partial charge is 0.262 e. The van der Waals surface area contributed by atoms with Gasteiger partial charge in [-0.05, 0) is 36.4 Å². The van der Waals surface area contributed by atoms with Gasteiger partial charge in [-0.2, -0.15) is 0 Å². The van der Waals surface area contributed by atoms with Crippen LogP contribution in [0.1, 0.15) is 10.4 Å². The van der Waals surface area contributed by atoms with Gasteiger partial charge < -0.3 is 15.8 Å². The molecule has 22 heavy (non-hydrogen) atoms. The van der Waals surface area contributed by atoms with Crippen molar-refractivity contribution in [3.63, 3.8) is 0 Å². The van der Waals surface area contributed by atoms with E-state index < -0.39 is 11.8 Å². The highest BCUT2D eigenvalue weighted by molar-refractivity contribution is 6.31. The van der Waals surface area contributed by atoms with Gasteiger partial charge in [0.1, 0.15) is 5.75 Å². The third-order valence-electron chi connectivity index (χ3n) is 2.67. The molecule has 0 aliphatic heterocycles. The van der Waals surface area contributed by atoms with E-state index in [0.29, 0.717) is 15.7 Å². The fourth-order valence-electron chi connectivity index (χ4n) is 1.73. The van der Waals surface area contributed by atoms with Crippen LogP contribution in [0.15, 0.2) is 42.5 Å². The number of nitrogens with two attached hydrogens (primary N) is 1. The standard InChI is InChI=1S/C15H12Cl2N2O3/c16-9-2-1-3-11(6-9)19-14(20)8-22-13-5-4-10(17)7-12(13)15(18)21/h1-7H,8H2,(H2,18,21)(H,19,20). The van der Waals surface area contributed by atoms with Crippen LogP contribution >= 0.6 is 23.2 Å². The van der Waals surface area contributed by atoms with E-state index >= 15 is 0 Å². The molecule has 7 heteroatoms. The Morgan fingerprint density at radius 2 is 1.82 bits per heavy atom. The number of hydrogen-bond donors (Lipinski definition) is 2. The van der Waals surface area contributed by atoms with E-state index in [9.17, 15) is 9.59 Å². The molecule has 2 rings (SSSR count). The van der Waals surface area contributed by atoms with Crippen molar-refractivity contribution in [2.45, 2.75) is 0 Å². The molecule has 2 amide bonds. The van der Waals surface area contributed by atoms with Crippen LogP contribution < -0.4 is 15.8 Å². The zero-order valence-corrected chi connectivity index (χ0v) is 12.8. The lowest BCUT2D eigenvalue weighted by molar-refractivity contribution is -0.118. The Balaban J connectivity index is 2.01. The maximum atomic E-state index is 11.8. The molecule has 0 aromatic heterocycles. The monoisotopic (exact) mass is 338 g/mol. The van der Waals surface area contributed by atoms with E-state index in [1.54, 1.807) is 24.3 Å². The summed E-state index contributed by atoms with van der Waals surface area (Å²) in [6, 6.07) is 11.1. The Bertz CT molecular complexity index is 720. The molecule has 0 spiro atoms. The first-order chi connectivity index (χ1) is 10.5. The zero-order chi connectivity index (χ0) is 16.1. The van der Waals surface area contributed by atoms with Crippen LogP contribution in [0, 0.1) is 0 Å². The first-order valence-electron chi connectivity index (χ1n) is 6.23. The van der Waals surface area contributed by atoms with Gasteiger partial charge in [0.25, 0.3) is 11.8 Å². The second-order valence-electron chi connectivity index (χ2n) is 4.35. The molecular formula is C15H12Cl2N2O3. The number of amides is 2. The lowest BCUT2D eigenvalue weighted by Gasteiger charge is -2.10. The molecule has 0 saturated heterocycles. The summed E-state index contributed by atoms with van der Waals surface area (Å²) >= 11 is 11.6. The number of halogens is 2. The van der Waals surface area contributed by atoms with Gasteiger partial charge in [-0.15, -0.1) is 0 Å². The minimum absolute atomic E-state index is 0.114. The summed E-state index contributed by atoms with van der Waals surface area (Å²) in [6.45, 7) is -0.283. The van der Waals surface area contributed by atoms with Crippen LogP contribution in [-0.2, 0) is 4.79 Å². The summed E-state index contributed by atoms with van der Waals surface area (Å²) in [5.74, 6) is -0.890. The molecule has 0 unspecified atom stereocenters. The van der Waals surface area contributed by atoms with Crippen LogP contribution in [0.25, 0.3) is 0 Å². The van der Waals surface area contributed by atoms with E-state index in [2.05, 4.69) is 5.32 Å². The Morgan fingerprint density at radius 1 is 1.09 bits per heavy atom. The number of benzene rings is 2. The molecule has 2 aromatic rings. The van der Waals surface area contributed by atoms with E-state index in [-0.39, 0.29) is 17.9 Å². The molecule has 0 heterocycles. The van der Waals surface area contributed by atoms with Gasteiger partial charge in [0.2, 0.25) is 0 Å². The number of carbonyl (C=O) groups is 2. The summed E-state index contributed by atoms with van der Waals surface area (Å²) in [4.78, 5) is 23.1. The molecule has 0 aliphatic rings. The predicted octanol–water partition coefficient (Wildman–Crippen LogP) is 3.11. The Kier molecular flexibility index (Phi) is 5.25. The van der Waals surface area contributed by atoms with E-state index in [1.165, 1.54) is 18.2 Å². The Morgan fingerprint density at radius 3 is 2.50 bits per heavy atom. The highest BCUT2D eigenvalue weighted by Gasteiger charge is 2.12. The third kappa shape index (κ3) is 4.38. The van der Waals surface area contributed by atoms with Crippen molar-refractivity contribution in [3.05, 3.63) is 58.1 Å². The number of nitrogens with one attached hydrogen (secondary N) is 1. The van der Waals surface area contributed by atoms with Crippen LogP contribution in [0.3, 0.4) is 0 Å². The summed E-state index contributed by atoms with van der Waals surface area (Å²) in [6.07, 6.45) is 0. The molecule has 0 radical (unpaired) electrons. The first-order valence-corrected chi connectivity index (χ1v) is 6.99. The first kappa shape index (κ1) is 16.1. The maximum Gasteiger partial charge on any atom is 0.262 e. The van der Waals surface area contributed by atoms with Crippen molar-refractivity contribution in [1.29, 1.82) is 0 Å². The second kappa shape index (κ2) is 7.15. The SMILES string of the molecule is NC(=O)c1cc(Cl)ccc1OCC(=O)Nc1cccc(Cl)c1. The molecule has 3 N–H and O–H groups in total. The van der Waals surface area contributed by atoms with E-state index in [1.807, 2.05) is 0 Å². The number of rotatable bonds is 5. The fourth-order valence-corrected chi connectivity index (χ4v) is 2.09. The predicted molar refractivity (Wildman–Crippen MR) is 85.5 cm³/mol. The van der Waals surface area contributed by atoms with Gasteiger partial charge in [0.05, 0.1) is 5.56 Å². The fraction of sp³-hybridized carbons (Fsp3) is 0.0667. The molecule has 0 bridgehead atoms. The molecule has 0 aliphatic carbocycles. The molecule has 5 nitrogen and oxygen atoms in total.